The smallest absolute Gasteiger partial charge is 0.347 e. The van der Waals surface area contributed by atoms with Crippen molar-refractivity contribution in [2.75, 3.05) is 0 Å². The lowest BCUT2D eigenvalue weighted by molar-refractivity contribution is -0.153. The van der Waals surface area contributed by atoms with Crippen LogP contribution < -0.4 is 4.74 Å². The lowest BCUT2D eigenvalue weighted by atomic mass is 10.2. The molecule has 7 nitrogen and oxygen atoms in total. The van der Waals surface area contributed by atoms with Crippen molar-refractivity contribution in [1.82, 2.24) is 10.2 Å². The molecule has 0 aliphatic heterocycles. The minimum absolute atomic E-state index is 0.160. The van der Waals surface area contributed by atoms with Crippen LogP contribution in [0.25, 0.3) is 11.5 Å². The molecule has 0 spiro atoms. The van der Waals surface area contributed by atoms with Gasteiger partial charge in [0.05, 0.1) is 5.56 Å². The number of nitrogens with zero attached hydrogens (tertiary/aromatic N) is 3. The summed E-state index contributed by atoms with van der Waals surface area (Å²) in [5, 5.41) is 16.8. The predicted molar refractivity (Wildman–Crippen MR) is 90.8 cm³/mol. The number of para-hydroxylation sites is 1. The van der Waals surface area contributed by atoms with E-state index in [9.17, 15) is 4.79 Å². The van der Waals surface area contributed by atoms with Crippen molar-refractivity contribution in [3.05, 3.63) is 66.1 Å². The molecule has 1 unspecified atom stereocenters. The summed E-state index contributed by atoms with van der Waals surface area (Å²) < 4.78 is 16.1. The number of ether oxygens (including phenoxy) is 2. The number of nitriles is 1. The van der Waals surface area contributed by atoms with E-state index < -0.39 is 12.1 Å². The average Bonchev–Trinajstić information content (AvgIpc) is 3.16. The average molecular weight is 349 g/mol. The van der Waals surface area contributed by atoms with Gasteiger partial charge in [0.25, 0.3) is 5.89 Å². The van der Waals surface area contributed by atoms with Crippen molar-refractivity contribution in [2.45, 2.75) is 19.6 Å². The monoisotopic (exact) mass is 349 g/mol. The maximum absolute atomic E-state index is 12.1. The molecule has 130 valence electrons. The third-order valence-corrected chi connectivity index (χ3v) is 3.47. The zero-order valence-electron chi connectivity index (χ0n) is 14.0. The maximum Gasteiger partial charge on any atom is 0.347 e. The van der Waals surface area contributed by atoms with Gasteiger partial charge in [0, 0.05) is 5.56 Å². The van der Waals surface area contributed by atoms with E-state index in [2.05, 4.69) is 10.2 Å². The Hall–Kier alpha value is -3.66. The molecule has 2 aromatic carbocycles. The van der Waals surface area contributed by atoms with E-state index in [4.69, 9.17) is 19.2 Å². The Kier molecular flexibility index (Phi) is 5.25. The van der Waals surface area contributed by atoms with Crippen LogP contribution in [0.2, 0.25) is 0 Å². The molecule has 0 radical (unpaired) electrons. The number of esters is 1. The van der Waals surface area contributed by atoms with Crippen molar-refractivity contribution in [1.29, 1.82) is 5.26 Å². The quantitative estimate of drug-likeness (QED) is 0.630. The summed E-state index contributed by atoms with van der Waals surface area (Å²) in [4.78, 5) is 12.1. The highest BCUT2D eigenvalue weighted by molar-refractivity contribution is 5.74. The molecule has 3 rings (SSSR count). The maximum atomic E-state index is 12.1. The van der Waals surface area contributed by atoms with Crippen molar-refractivity contribution in [3.8, 4) is 23.3 Å². The van der Waals surface area contributed by atoms with Gasteiger partial charge < -0.3 is 13.9 Å². The van der Waals surface area contributed by atoms with Crippen LogP contribution in [-0.2, 0) is 16.1 Å². The Morgan fingerprint density at radius 1 is 1.15 bits per heavy atom. The minimum atomic E-state index is -0.888. The predicted octanol–water partition coefficient (Wildman–Crippen LogP) is 3.12. The fourth-order valence-electron chi connectivity index (χ4n) is 2.16. The fourth-order valence-corrected chi connectivity index (χ4v) is 2.16. The van der Waals surface area contributed by atoms with Gasteiger partial charge in [0.15, 0.2) is 12.7 Å². The molecule has 3 aromatic rings. The Bertz CT molecular complexity index is 931. The van der Waals surface area contributed by atoms with Crippen LogP contribution in [0, 0.1) is 11.3 Å². The molecule has 7 heteroatoms. The Balaban J connectivity index is 1.57. The number of rotatable bonds is 6. The van der Waals surface area contributed by atoms with Crippen molar-refractivity contribution >= 4 is 5.97 Å². The van der Waals surface area contributed by atoms with Crippen LogP contribution >= 0.6 is 0 Å². The summed E-state index contributed by atoms with van der Waals surface area (Å²) in [6.07, 6.45) is -0.888. The standard InChI is InChI=1S/C19H15N3O4/c1-13(25-16-10-6-5-9-15(16)11-20)19(23)24-12-17-21-22-18(26-17)14-7-3-2-4-8-14/h2-10,13H,12H2,1H3. The molecule has 0 aliphatic carbocycles. The summed E-state index contributed by atoms with van der Waals surface area (Å²) in [6, 6.07) is 17.9. The van der Waals surface area contributed by atoms with Gasteiger partial charge in [-0.1, -0.05) is 30.3 Å². The van der Waals surface area contributed by atoms with E-state index in [1.165, 1.54) is 0 Å². The first-order valence-electron chi connectivity index (χ1n) is 7.87. The summed E-state index contributed by atoms with van der Waals surface area (Å²) in [6.45, 7) is 1.38. The zero-order chi connectivity index (χ0) is 18.4. The number of hydrogen-bond acceptors (Lipinski definition) is 7. The van der Waals surface area contributed by atoms with E-state index in [1.807, 2.05) is 36.4 Å². The molecule has 1 atom stereocenters. The van der Waals surface area contributed by atoms with E-state index in [-0.39, 0.29) is 12.5 Å². The van der Waals surface area contributed by atoms with Gasteiger partial charge in [-0.3, -0.25) is 0 Å². The Morgan fingerprint density at radius 3 is 2.65 bits per heavy atom. The van der Waals surface area contributed by atoms with Gasteiger partial charge in [0.2, 0.25) is 5.89 Å². The minimum Gasteiger partial charge on any atom is -0.478 e. The summed E-state index contributed by atoms with van der Waals surface area (Å²) >= 11 is 0. The Morgan fingerprint density at radius 2 is 1.88 bits per heavy atom. The van der Waals surface area contributed by atoms with Gasteiger partial charge in [-0.15, -0.1) is 10.2 Å². The van der Waals surface area contributed by atoms with E-state index in [0.717, 1.165) is 5.56 Å². The Labute approximate surface area is 149 Å². The van der Waals surface area contributed by atoms with Crippen molar-refractivity contribution in [2.24, 2.45) is 0 Å². The normalized spacial score (nSPS) is 11.4. The molecule has 0 fully saturated rings. The van der Waals surface area contributed by atoms with E-state index in [0.29, 0.717) is 17.2 Å². The van der Waals surface area contributed by atoms with Crippen molar-refractivity contribution < 1.29 is 18.7 Å². The molecular weight excluding hydrogens is 334 g/mol. The van der Waals surface area contributed by atoms with E-state index in [1.54, 1.807) is 31.2 Å². The van der Waals surface area contributed by atoms with Gasteiger partial charge in [-0.2, -0.15) is 5.26 Å². The van der Waals surface area contributed by atoms with E-state index >= 15 is 0 Å². The van der Waals surface area contributed by atoms with Gasteiger partial charge >= 0.3 is 5.97 Å². The molecule has 1 heterocycles. The SMILES string of the molecule is CC(Oc1ccccc1C#N)C(=O)OCc1nnc(-c2ccccc2)o1. The van der Waals surface area contributed by atoms with Crippen LogP contribution in [0.5, 0.6) is 5.75 Å². The summed E-state index contributed by atoms with van der Waals surface area (Å²) in [7, 11) is 0. The summed E-state index contributed by atoms with van der Waals surface area (Å²) in [5.74, 6) is 0.256. The highest BCUT2D eigenvalue weighted by atomic mass is 16.6. The number of benzene rings is 2. The number of hydrogen-bond donors (Lipinski definition) is 0. The molecule has 0 saturated heterocycles. The molecular formula is C19H15N3O4. The van der Waals surface area contributed by atoms with Crippen molar-refractivity contribution in [3.63, 3.8) is 0 Å². The third kappa shape index (κ3) is 4.05. The molecule has 0 saturated carbocycles. The van der Waals surface area contributed by atoms with Gasteiger partial charge in [0.1, 0.15) is 11.8 Å². The topological polar surface area (TPSA) is 98.2 Å². The third-order valence-electron chi connectivity index (χ3n) is 3.47. The second kappa shape index (κ2) is 7.94. The molecule has 0 bridgehead atoms. The van der Waals surface area contributed by atoms with Gasteiger partial charge in [-0.25, -0.2) is 4.79 Å². The molecule has 1 aromatic heterocycles. The highest BCUT2D eigenvalue weighted by Gasteiger charge is 2.19. The number of carbonyl (C=O) groups is 1. The lowest BCUT2D eigenvalue weighted by Gasteiger charge is -2.14. The van der Waals surface area contributed by atoms with Crippen LogP contribution in [0.1, 0.15) is 18.4 Å². The first-order chi connectivity index (χ1) is 12.7. The summed E-state index contributed by atoms with van der Waals surface area (Å²) in [5.41, 5.74) is 1.12. The van der Waals surface area contributed by atoms with Crippen LogP contribution in [0.4, 0.5) is 0 Å². The second-order valence-electron chi connectivity index (χ2n) is 5.34. The first kappa shape index (κ1) is 17.2. The van der Waals surface area contributed by atoms with Crippen LogP contribution in [-0.4, -0.2) is 22.3 Å². The molecule has 0 amide bonds. The molecule has 0 N–H and O–H groups in total. The lowest BCUT2D eigenvalue weighted by Crippen LogP contribution is -2.26. The zero-order valence-corrected chi connectivity index (χ0v) is 14.0. The number of carbonyl (C=O) groups excluding carboxylic acids is 1. The highest BCUT2D eigenvalue weighted by Crippen LogP contribution is 2.19. The molecule has 0 aliphatic rings. The fraction of sp³-hybridized carbons (Fsp3) is 0.158. The largest absolute Gasteiger partial charge is 0.478 e. The van der Waals surface area contributed by atoms with Crippen LogP contribution in [0.3, 0.4) is 0 Å². The molecule has 26 heavy (non-hydrogen) atoms. The number of aromatic nitrogens is 2. The first-order valence-corrected chi connectivity index (χ1v) is 7.87. The van der Waals surface area contributed by atoms with Gasteiger partial charge in [-0.05, 0) is 31.2 Å². The second-order valence-corrected chi connectivity index (χ2v) is 5.34. The van der Waals surface area contributed by atoms with Crippen LogP contribution in [0.15, 0.2) is 59.0 Å².